The van der Waals surface area contributed by atoms with Crippen molar-refractivity contribution in [1.82, 2.24) is 15.2 Å². The topological polar surface area (TPSA) is 51.8 Å². The number of rotatable bonds is 4. The Morgan fingerprint density at radius 1 is 1.31 bits per heavy atom. The van der Waals surface area contributed by atoms with Gasteiger partial charge in [0.15, 0.2) is 0 Å². The summed E-state index contributed by atoms with van der Waals surface area (Å²) in [6.07, 6.45) is 4.33. The highest BCUT2D eigenvalue weighted by atomic mass is 32.2. The zero-order chi connectivity index (χ0) is 11.4. The van der Waals surface area contributed by atoms with Crippen LogP contribution in [0.5, 0.6) is 0 Å². The molecule has 0 bridgehead atoms. The molecule has 2 rings (SSSR count). The van der Waals surface area contributed by atoms with Crippen LogP contribution >= 0.6 is 11.8 Å². The zero-order valence-electron chi connectivity index (χ0n) is 9.25. The van der Waals surface area contributed by atoms with E-state index >= 15 is 0 Å². The molecule has 0 spiro atoms. The van der Waals surface area contributed by atoms with Gasteiger partial charge in [0.1, 0.15) is 0 Å². The summed E-state index contributed by atoms with van der Waals surface area (Å²) >= 11 is 1.68. The quantitative estimate of drug-likeness (QED) is 0.763. The molecule has 0 saturated heterocycles. The van der Waals surface area contributed by atoms with E-state index in [1.807, 2.05) is 19.1 Å². The summed E-state index contributed by atoms with van der Waals surface area (Å²) in [4.78, 5) is 5.13. The molecule has 0 N–H and O–H groups in total. The van der Waals surface area contributed by atoms with Crippen molar-refractivity contribution in [2.75, 3.05) is 0 Å². The van der Waals surface area contributed by atoms with E-state index in [0.717, 1.165) is 11.3 Å². The van der Waals surface area contributed by atoms with Gasteiger partial charge in [-0.2, -0.15) is 0 Å². The van der Waals surface area contributed by atoms with Gasteiger partial charge in [-0.05, 0) is 19.1 Å². The molecule has 2 heterocycles. The number of thioether (sulfide) groups is 1. The number of pyridine rings is 1. The van der Waals surface area contributed by atoms with Crippen LogP contribution in [0, 0.1) is 0 Å². The lowest BCUT2D eigenvalue weighted by Crippen LogP contribution is -1.88. The molecule has 2 aromatic rings. The first-order chi connectivity index (χ1) is 7.79. The zero-order valence-corrected chi connectivity index (χ0v) is 10.1. The third-order valence-corrected chi connectivity index (χ3v) is 3.19. The maximum absolute atomic E-state index is 5.51. The first kappa shape index (κ1) is 11.1. The van der Waals surface area contributed by atoms with Crippen molar-refractivity contribution >= 4 is 11.8 Å². The van der Waals surface area contributed by atoms with Gasteiger partial charge in [0, 0.05) is 23.7 Å². The maximum Gasteiger partial charge on any atom is 0.229 e. The highest BCUT2D eigenvalue weighted by molar-refractivity contribution is 7.99. The molecular weight excluding hydrogens is 222 g/mol. The molecular formula is C11H13N3OS. The Morgan fingerprint density at radius 3 is 2.69 bits per heavy atom. The highest BCUT2D eigenvalue weighted by Gasteiger charge is 2.14. The van der Waals surface area contributed by atoms with Gasteiger partial charge in [0.25, 0.3) is 0 Å². The highest BCUT2D eigenvalue weighted by Crippen LogP contribution is 2.33. The average molecular weight is 235 g/mol. The Kier molecular flexibility index (Phi) is 3.56. The van der Waals surface area contributed by atoms with Gasteiger partial charge in [-0.15, -0.1) is 22.0 Å². The van der Waals surface area contributed by atoms with Crippen molar-refractivity contribution in [3.05, 3.63) is 36.3 Å². The molecule has 5 heteroatoms. The molecule has 0 saturated carbocycles. The van der Waals surface area contributed by atoms with Gasteiger partial charge in [-0.3, -0.25) is 4.98 Å². The number of aromatic nitrogens is 3. The van der Waals surface area contributed by atoms with Crippen molar-refractivity contribution in [3.63, 3.8) is 0 Å². The van der Waals surface area contributed by atoms with E-state index in [-0.39, 0.29) is 5.25 Å². The molecule has 0 amide bonds. The van der Waals surface area contributed by atoms with E-state index in [0.29, 0.717) is 11.8 Å². The van der Waals surface area contributed by atoms with Crippen molar-refractivity contribution < 1.29 is 4.42 Å². The second-order valence-corrected chi connectivity index (χ2v) is 4.74. The number of nitrogens with zero attached hydrogens (tertiary/aromatic N) is 3. The van der Waals surface area contributed by atoms with E-state index in [2.05, 4.69) is 22.1 Å². The average Bonchev–Trinajstić information content (AvgIpc) is 2.79. The molecule has 0 aromatic carbocycles. The maximum atomic E-state index is 5.51. The summed E-state index contributed by atoms with van der Waals surface area (Å²) in [7, 11) is 0. The van der Waals surface area contributed by atoms with Gasteiger partial charge in [0.05, 0.1) is 5.25 Å². The lowest BCUT2D eigenvalue weighted by atomic mass is 10.5. The van der Waals surface area contributed by atoms with Crippen molar-refractivity contribution in [1.29, 1.82) is 0 Å². The van der Waals surface area contributed by atoms with Crippen LogP contribution in [0.15, 0.2) is 33.8 Å². The summed E-state index contributed by atoms with van der Waals surface area (Å²) in [5, 5.41) is 8.15. The fourth-order valence-corrected chi connectivity index (χ4v) is 2.13. The molecule has 0 aliphatic heterocycles. The second kappa shape index (κ2) is 5.12. The van der Waals surface area contributed by atoms with Crippen molar-refractivity contribution in [2.45, 2.75) is 30.4 Å². The largest absolute Gasteiger partial charge is 0.424 e. The van der Waals surface area contributed by atoms with Crippen LogP contribution in [0.25, 0.3) is 0 Å². The number of hydrogen-bond acceptors (Lipinski definition) is 5. The molecule has 4 nitrogen and oxygen atoms in total. The van der Waals surface area contributed by atoms with E-state index in [1.165, 1.54) is 0 Å². The second-order valence-electron chi connectivity index (χ2n) is 3.33. The van der Waals surface area contributed by atoms with Crippen LogP contribution in [0.2, 0.25) is 0 Å². The van der Waals surface area contributed by atoms with Crippen molar-refractivity contribution in [3.8, 4) is 0 Å². The Hall–Kier alpha value is -1.36. The number of hydrogen-bond donors (Lipinski definition) is 0. The summed E-state index contributed by atoms with van der Waals surface area (Å²) < 4.78 is 5.51. The number of aryl methyl sites for hydroxylation is 1. The fourth-order valence-electron chi connectivity index (χ4n) is 1.25. The minimum absolute atomic E-state index is 0.162. The van der Waals surface area contributed by atoms with Crippen LogP contribution < -0.4 is 0 Å². The summed E-state index contributed by atoms with van der Waals surface area (Å²) in [6, 6.07) is 3.94. The summed E-state index contributed by atoms with van der Waals surface area (Å²) in [6.45, 7) is 4.05. The van der Waals surface area contributed by atoms with E-state index in [4.69, 9.17) is 4.42 Å². The predicted octanol–water partition coefficient (Wildman–Crippen LogP) is 2.88. The third-order valence-electron chi connectivity index (χ3n) is 2.10. The van der Waals surface area contributed by atoms with Crippen LogP contribution in [-0.4, -0.2) is 15.2 Å². The van der Waals surface area contributed by atoms with Gasteiger partial charge in [0.2, 0.25) is 11.8 Å². The molecule has 0 aliphatic rings. The Morgan fingerprint density at radius 2 is 2.06 bits per heavy atom. The van der Waals surface area contributed by atoms with Gasteiger partial charge in [-0.25, -0.2) is 0 Å². The van der Waals surface area contributed by atoms with Crippen LogP contribution in [0.3, 0.4) is 0 Å². The van der Waals surface area contributed by atoms with Gasteiger partial charge in [-0.1, -0.05) is 6.92 Å². The summed E-state index contributed by atoms with van der Waals surface area (Å²) in [5.74, 6) is 1.37. The predicted molar refractivity (Wildman–Crippen MR) is 62.2 cm³/mol. The molecule has 0 fully saturated rings. The molecule has 0 radical (unpaired) electrons. The normalized spacial score (nSPS) is 12.6. The van der Waals surface area contributed by atoms with Gasteiger partial charge < -0.3 is 4.42 Å². The van der Waals surface area contributed by atoms with E-state index in [1.54, 1.807) is 24.2 Å². The Bertz CT molecular complexity index is 444. The van der Waals surface area contributed by atoms with Crippen LogP contribution in [0.1, 0.15) is 30.9 Å². The van der Waals surface area contributed by atoms with E-state index in [9.17, 15) is 0 Å². The molecule has 0 aliphatic carbocycles. The molecule has 84 valence electrons. The lowest BCUT2D eigenvalue weighted by Gasteiger charge is -2.05. The third kappa shape index (κ3) is 2.61. The van der Waals surface area contributed by atoms with E-state index < -0.39 is 0 Å². The first-order valence-corrected chi connectivity index (χ1v) is 6.06. The van der Waals surface area contributed by atoms with Crippen molar-refractivity contribution in [2.24, 2.45) is 0 Å². The standard InChI is InChI=1S/C11H13N3OS/c1-3-10-13-14-11(15-10)8(2)16-9-4-6-12-7-5-9/h4-8H,3H2,1-2H3/t8-/m1/s1. The molecule has 1 atom stereocenters. The first-order valence-electron chi connectivity index (χ1n) is 5.18. The summed E-state index contributed by atoms with van der Waals surface area (Å²) in [5.41, 5.74) is 0. The smallest absolute Gasteiger partial charge is 0.229 e. The molecule has 16 heavy (non-hydrogen) atoms. The minimum Gasteiger partial charge on any atom is -0.424 e. The van der Waals surface area contributed by atoms with Crippen LogP contribution in [0.4, 0.5) is 0 Å². The minimum atomic E-state index is 0.162. The Labute approximate surface area is 98.5 Å². The molecule has 2 aromatic heterocycles. The van der Waals surface area contributed by atoms with Gasteiger partial charge >= 0.3 is 0 Å². The van der Waals surface area contributed by atoms with Crippen LogP contribution in [-0.2, 0) is 6.42 Å². The fraction of sp³-hybridized carbons (Fsp3) is 0.364. The monoisotopic (exact) mass is 235 g/mol. The molecule has 0 unspecified atom stereocenters. The lowest BCUT2D eigenvalue weighted by molar-refractivity contribution is 0.456. The SMILES string of the molecule is CCc1nnc([C@@H](C)Sc2ccncc2)o1. The Balaban J connectivity index is 2.05.